The van der Waals surface area contributed by atoms with E-state index in [0.717, 1.165) is 4.47 Å². The molecule has 0 bridgehead atoms. The summed E-state index contributed by atoms with van der Waals surface area (Å²) in [6.07, 6.45) is -0.635. The van der Waals surface area contributed by atoms with Crippen LogP contribution in [0.4, 0.5) is 4.39 Å². The molecular formula is C15H14BrFO2. The first-order valence-electron chi connectivity index (χ1n) is 5.91. The predicted molar refractivity (Wildman–Crippen MR) is 75.5 cm³/mol. The third kappa shape index (κ3) is 3.55. The highest BCUT2D eigenvalue weighted by atomic mass is 79.9. The molecule has 4 heteroatoms. The fourth-order valence-electron chi connectivity index (χ4n) is 1.75. The van der Waals surface area contributed by atoms with Crippen molar-refractivity contribution in [3.8, 4) is 5.75 Å². The fourth-order valence-corrected chi connectivity index (χ4v) is 2.09. The van der Waals surface area contributed by atoms with E-state index >= 15 is 0 Å². The average Bonchev–Trinajstić information content (AvgIpc) is 2.37. The van der Waals surface area contributed by atoms with Gasteiger partial charge in [0.05, 0.1) is 6.10 Å². The lowest BCUT2D eigenvalue weighted by Gasteiger charge is -2.14. The zero-order chi connectivity index (χ0) is 13.8. The van der Waals surface area contributed by atoms with Crippen molar-refractivity contribution < 1.29 is 14.2 Å². The summed E-state index contributed by atoms with van der Waals surface area (Å²) in [4.78, 5) is 0. The molecule has 100 valence electrons. The van der Waals surface area contributed by atoms with Crippen LogP contribution in [0.25, 0.3) is 0 Å². The predicted octanol–water partition coefficient (Wildman–Crippen LogP) is 4.22. The van der Waals surface area contributed by atoms with Crippen molar-refractivity contribution in [2.75, 3.05) is 0 Å². The lowest BCUT2D eigenvalue weighted by Crippen LogP contribution is -2.02. The Hall–Kier alpha value is -1.39. The fraction of sp³-hybridized carbons (Fsp3) is 0.200. The van der Waals surface area contributed by atoms with Gasteiger partial charge in [-0.1, -0.05) is 40.2 Å². The summed E-state index contributed by atoms with van der Waals surface area (Å²) in [6.45, 7) is 1.79. The number of aliphatic hydroxyl groups is 1. The Morgan fingerprint density at radius 1 is 1.26 bits per heavy atom. The maximum atomic E-state index is 13.5. The van der Waals surface area contributed by atoms with Crippen LogP contribution in [0.1, 0.15) is 24.2 Å². The smallest absolute Gasteiger partial charge is 0.129 e. The third-order valence-electron chi connectivity index (χ3n) is 2.77. The minimum atomic E-state index is -0.635. The Balaban J connectivity index is 2.19. The lowest BCUT2D eigenvalue weighted by molar-refractivity contribution is 0.190. The molecule has 0 saturated carbocycles. The number of halogens is 2. The molecule has 19 heavy (non-hydrogen) atoms. The molecule has 0 unspecified atom stereocenters. The summed E-state index contributed by atoms with van der Waals surface area (Å²) in [7, 11) is 0. The van der Waals surface area contributed by atoms with Gasteiger partial charge in [-0.05, 0) is 25.1 Å². The monoisotopic (exact) mass is 324 g/mol. The molecule has 1 atom stereocenters. The standard InChI is InChI=1S/C15H14BrFO2/c1-10(18)13-7-6-12(16)8-15(13)19-9-11-4-2-3-5-14(11)17/h2-8,10,18H,9H2,1H3/t10-/m0/s1. The van der Waals surface area contributed by atoms with E-state index in [1.54, 1.807) is 37.3 Å². The number of aliphatic hydroxyl groups excluding tert-OH is 1. The van der Waals surface area contributed by atoms with Crippen LogP contribution in [-0.4, -0.2) is 5.11 Å². The van der Waals surface area contributed by atoms with Crippen molar-refractivity contribution in [2.45, 2.75) is 19.6 Å². The Labute approximate surface area is 120 Å². The van der Waals surface area contributed by atoms with Crippen LogP contribution in [0.3, 0.4) is 0 Å². The van der Waals surface area contributed by atoms with Gasteiger partial charge < -0.3 is 9.84 Å². The van der Waals surface area contributed by atoms with E-state index in [1.807, 2.05) is 6.07 Å². The van der Waals surface area contributed by atoms with E-state index in [1.165, 1.54) is 6.07 Å². The minimum absolute atomic E-state index is 0.128. The molecule has 0 amide bonds. The zero-order valence-corrected chi connectivity index (χ0v) is 12.0. The lowest BCUT2D eigenvalue weighted by atomic mass is 10.1. The van der Waals surface area contributed by atoms with Crippen molar-refractivity contribution in [2.24, 2.45) is 0 Å². The largest absolute Gasteiger partial charge is 0.488 e. The first kappa shape index (κ1) is 14.0. The van der Waals surface area contributed by atoms with E-state index in [0.29, 0.717) is 16.9 Å². The molecule has 0 aliphatic carbocycles. The Morgan fingerprint density at radius 3 is 2.68 bits per heavy atom. The molecule has 2 rings (SSSR count). The summed E-state index contributed by atoms with van der Waals surface area (Å²) in [5.41, 5.74) is 1.17. The van der Waals surface area contributed by atoms with Crippen molar-refractivity contribution in [3.05, 3.63) is 63.9 Å². The molecule has 0 aliphatic rings. The summed E-state index contributed by atoms with van der Waals surface area (Å²) in [5.74, 6) is 0.253. The first-order chi connectivity index (χ1) is 9.08. The van der Waals surface area contributed by atoms with Gasteiger partial charge in [0, 0.05) is 15.6 Å². The normalized spacial score (nSPS) is 12.2. The number of hydrogen-bond acceptors (Lipinski definition) is 2. The van der Waals surface area contributed by atoms with Gasteiger partial charge >= 0.3 is 0 Å². The molecule has 0 saturated heterocycles. The molecule has 0 heterocycles. The molecule has 2 aromatic rings. The molecule has 2 aromatic carbocycles. The van der Waals surface area contributed by atoms with Gasteiger partial charge in [0.1, 0.15) is 18.2 Å². The molecular weight excluding hydrogens is 311 g/mol. The average molecular weight is 325 g/mol. The number of rotatable bonds is 4. The molecule has 0 radical (unpaired) electrons. The van der Waals surface area contributed by atoms with Crippen LogP contribution < -0.4 is 4.74 Å². The highest BCUT2D eigenvalue weighted by Crippen LogP contribution is 2.29. The number of benzene rings is 2. The van der Waals surface area contributed by atoms with Crippen molar-refractivity contribution in [1.82, 2.24) is 0 Å². The minimum Gasteiger partial charge on any atom is -0.488 e. The van der Waals surface area contributed by atoms with Crippen molar-refractivity contribution >= 4 is 15.9 Å². The quantitative estimate of drug-likeness (QED) is 0.912. The SMILES string of the molecule is C[C@H](O)c1ccc(Br)cc1OCc1ccccc1F. The van der Waals surface area contributed by atoms with Gasteiger partial charge in [-0.3, -0.25) is 0 Å². The third-order valence-corrected chi connectivity index (χ3v) is 3.26. The maximum Gasteiger partial charge on any atom is 0.129 e. The summed E-state index contributed by atoms with van der Waals surface area (Å²) in [6, 6.07) is 11.9. The zero-order valence-electron chi connectivity index (χ0n) is 10.4. The van der Waals surface area contributed by atoms with Gasteiger partial charge in [0.25, 0.3) is 0 Å². The Morgan fingerprint density at radius 2 is 2.00 bits per heavy atom. The van der Waals surface area contributed by atoms with Crippen LogP contribution >= 0.6 is 15.9 Å². The van der Waals surface area contributed by atoms with Crippen LogP contribution in [-0.2, 0) is 6.61 Å². The van der Waals surface area contributed by atoms with Gasteiger partial charge in [-0.15, -0.1) is 0 Å². The first-order valence-corrected chi connectivity index (χ1v) is 6.71. The summed E-state index contributed by atoms with van der Waals surface area (Å²) < 4.78 is 20.0. The van der Waals surface area contributed by atoms with Crippen LogP contribution in [0.5, 0.6) is 5.75 Å². The van der Waals surface area contributed by atoms with Gasteiger partial charge in [-0.25, -0.2) is 4.39 Å². The van der Waals surface area contributed by atoms with Crippen molar-refractivity contribution in [1.29, 1.82) is 0 Å². The van der Waals surface area contributed by atoms with Gasteiger partial charge in [-0.2, -0.15) is 0 Å². The second-order valence-electron chi connectivity index (χ2n) is 4.24. The number of ether oxygens (including phenoxy) is 1. The molecule has 0 fully saturated rings. The van der Waals surface area contributed by atoms with Gasteiger partial charge in [0.15, 0.2) is 0 Å². The molecule has 0 aromatic heterocycles. The van der Waals surface area contributed by atoms with Gasteiger partial charge in [0.2, 0.25) is 0 Å². The second kappa shape index (κ2) is 6.17. The van der Waals surface area contributed by atoms with Crippen LogP contribution in [0.2, 0.25) is 0 Å². The van der Waals surface area contributed by atoms with Crippen molar-refractivity contribution in [3.63, 3.8) is 0 Å². The van der Waals surface area contributed by atoms with E-state index in [-0.39, 0.29) is 12.4 Å². The topological polar surface area (TPSA) is 29.5 Å². The number of hydrogen-bond donors (Lipinski definition) is 1. The van der Waals surface area contributed by atoms with Crippen LogP contribution in [0, 0.1) is 5.82 Å². The molecule has 0 aliphatic heterocycles. The van der Waals surface area contributed by atoms with Crippen LogP contribution in [0.15, 0.2) is 46.9 Å². The molecule has 1 N–H and O–H groups in total. The van der Waals surface area contributed by atoms with E-state index in [9.17, 15) is 9.50 Å². The second-order valence-corrected chi connectivity index (χ2v) is 5.15. The summed E-state index contributed by atoms with van der Waals surface area (Å²) >= 11 is 3.35. The molecule has 0 spiro atoms. The summed E-state index contributed by atoms with van der Waals surface area (Å²) in [5, 5.41) is 9.68. The Bertz CT molecular complexity index is 570. The van der Waals surface area contributed by atoms with E-state index in [4.69, 9.17) is 4.74 Å². The highest BCUT2D eigenvalue weighted by molar-refractivity contribution is 9.10. The maximum absolute atomic E-state index is 13.5. The van der Waals surface area contributed by atoms with E-state index in [2.05, 4.69) is 15.9 Å². The molecule has 2 nitrogen and oxygen atoms in total. The van der Waals surface area contributed by atoms with E-state index < -0.39 is 6.10 Å². The highest BCUT2D eigenvalue weighted by Gasteiger charge is 2.10. The Kier molecular flexibility index (Phi) is 4.56.